The maximum Gasteiger partial charge on any atom is 0.290 e. The van der Waals surface area contributed by atoms with Crippen molar-refractivity contribution in [1.29, 1.82) is 10.5 Å². The number of hydrogen-bond acceptors (Lipinski definition) is 9. The number of aromatic nitrogens is 1. The Morgan fingerprint density at radius 2 is 1.88 bits per heavy atom. The Morgan fingerprint density at radius 1 is 1.20 bits per heavy atom. The number of phenolic OH excluding ortho intramolecular Hbond substituents is 1. The van der Waals surface area contributed by atoms with Gasteiger partial charge in [-0.2, -0.15) is 10.5 Å². The molecule has 2 aromatic carbocycles. The molecular formula is C28H26FN5O6. The van der Waals surface area contributed by atoms with Crippen LogP contribution < -0.4 is 15.1 Å². The molecule has 1 amide bonds. The van der Waals surface area contributed by atoms with Crippen LogP contribution in [-0.2, 0) is 9.59 Å². The number of hydrogen-bond donors (Lipinski definition) is 4. The van der Waals surface area contributed by atoms with E-state index in [4.69, 9.17) is 25.1 Å². The van der Waals surface area contributed by atoms with Crippen molar-refractivity contribution in [2.24, 2.45) is 5.92 Å². The number of halogens is 1. The molecule has 3 aromatic rings. The van der Waals surface area contributed by atoms with Crippen LogP contribution in [0.4, 0.5) is 10.2 Å². The molecule has 0 atom stereocenters. The van der Waals surface area contributed by atoms with Crippen molar-refractivity contribution < 1.29 is 34.1 Å². The van der Waals surface area contributed by atoms with Crippen molar-refractivity contribution in [1.82, 2.24) is 10.5 Å². The third-order valence-electron chi connectivity index (χ3n) is 6.55. The molecule has 11 nitrogen and oxygen atoms in total. The number of benzene rings is 2. The topological polar surface area (TPSA) is 180 Å². The molecule has 2 heterocycles. The van der Waals surface area contributed by atoms with Crippen LogP contribution in [0.15, 0.2) is 42.6 Å². The lowest BCUT2D eigenvalue weighted by molar-refractivity contribution is -0.130. The number of ether oxygens (including phenoxy) is 1. The van der Waals surface area contributed by atoms with Gasteiger partial charge in [-0.25, -0.2) is 14.9 Å². The molecule has 12 heteroatoms. The largest absolute Gasteiger partial charge is 0.504 e. The summed E-state index contributed by atoms with van der Waals surface area (Å²) in [6, 6.07) is 13.0. The van der Waals surface area contributed by atoms with E-state index in [0.717, 1.165) is 0 Å². The summed E-state index contributed by atoms with van der Waals surface area (Å²) >= 11 is 0. The van der Waals surface area contributed by atoms with Gasteiger partial charge in [-0.3, -0.25) is 14.8 Å². The summed E-state index contributed by atoms with van der Waals surface area (Å²) in [5.74, 6) is -0.470. The lowest BCUT2D eigenvalue weighted by Gasteiger charge is -2.33. The van der Waals surface area contributed by atoms with Crippen molar-refractivity contribution in [3.8, 4) is 45.9 Å². The number of hydroxylamine groups is 1. The molecule has 1 aliphatic heterocycles. The van der Waals surface area contributed by atoms with Gasteiger partial charge in [-0.15, -0.1) is 0 Å². The summed E-state index contributed by atoms with van der Waals surface area (Å²) < 4.78 is 19.8. The Bertz CT molecular complexity index is 1480. The highest BCUT2D eigenvalue weighted by Gasteiger charge is 2.27. The fourth-order valence-electron chi connectivity index (χ4n) is 4.64. The third-order valence-corrected chi connectivity index (χ3v) is 6.55. The molecule has 1 aromatic heterocycles. The number of amides is 1. The molecule has 40 heavy (non-hydrogen) atoms. The summed E-state index contributed by atoms with van der Waals surface area (Å²) in [7, 11) is 1.43. The number of carbonyl (C=O) groups is 2. The van der Waals surface area contributed by atoms with Gasteiger partial charge in [-0.05, 0) is 54.2 Å². The van der Waals surface area contributed by atoms with Crippen molar-refractivity contribution in [2.45, 2.75) is 19.3 Å². The molecule has 1 aliphatic rings. The number of methoxy groups -OCH3 is 1. The van der Waals surface area contributed by atoms with Gasteiger partial charge in [0.15, 0.2) is 11.5 Å². The van der Waals surface area contributed by atoms with Crippen LogP contribution >= 0.6 is 0 Å². The highest BCUT2D eigenvalue weighted by atomic mass is 19.1. The number of nitrogens with zero attached hydrogens (tertiary/aromatic N) is 4. The molecule has 1 saturated heterocycles. The molecule has 0 radical (unpaired) electrons. The van der Waals surface area contributed by atoms with E-state index >= 15 is 0 Å². The quantitative estimate of drug-likeness (QED) is 0.201. The summed E-state index contributed by atoms with van der Waals surface area (Å²) in [6.07, 6.45) is 3.11. The van der Waals surface area contributed by atoms with Gasteiger partial charge in [0.1, 0.15) is 29.3 Å². The Morgan fingerprint density at radius 3 is 2.42 bits per heavy atom. The Labute approximate surface area is 229 Å². The standard InChI is InChI=1S/C27H24FN5O4.CH2O2/c1-37-24-5-4-17(12-23(24)34)21-15-31-27(33-8-6-16(7-9-33)10-25(35)32-36)20(14-30)26(21)18-2-3-19(13-29)22(28)11-18;2-1-3/h2-5,11-12,15-16,34,36H,6-10H2,1H3,(H,32,35);1H,(H,2,3). The number of nitriles is 2. The SMILES string of the molecule is COc1ccc(-c2cnc(N3CCC(CC(=O)NO)CC3)c(C#N)c2-c2ccc(C#N)c(F)c2)cc1O.O=CO. The molecule has 0 bridgehead atoms. The number of anilines is 1. The van der Waals surface area contributed by atoms with Gasteiger partial charge < -0.3 is 19.8 Å². The molecule has 0 unspecified atom stereocenters. The zero-order valence-electron chi connectivity index (χ0n) is 21.5. The number of carboxylic acid groups (broad SMARTS) is 1. The maximum absolute atomic E-state index is 14.7. The van der Waals surface area contributed by atoms with Crippen LogP contribution in [0.25, 0.3) is 22.3 Å². The normalized spacial score (nSPS) is 12.8. The van der Waals surface area contributed by atoms with Crippen LogP contribution in [0.3, 0.4) is 0 Å². The van der Waals surface area contributed by atoms with Crippen LogP contribution in [-0.4, -0.2) is 53.0 Å². The van der Waals surface area contributed by atoms with Crippen LogP contribution in [0.1, 0.15) is 30.4 Å². The zero-order valence-corrected chi connectivity index (χ0v) is 21.5. The predicted octanol–water partition coefficient (Wildman–Crippen LogP) is 3.82. The van der Waals surface area contributed by atoms with Crippen LogP contribution in [0.5, 0.6) is 11.5 Å². The van der Waals surface area contributed by atoms with Gasteiger partial charge >= 0.3 is 0 Å². The molecule has 4 N–H and O–H groups in total. The highest BCUT2D eigenvalue weighted by Crippen LogP contribution is 2.41. The first-order valence-corrected chi connectivity index (χ1v) is 12.1. The van der Waals surface area contributed by atoms with Crippen molar-refractivity contribution >= 4 is 18.2 Å². The summed E-state index contributed by atoms with van der Waals surface area (Å²) in [5.41, 5.74) is 3.61. The minimum Gasteiger partial charge on any atom is -0.504 e. The molecule has 4 rings (SSSR count). The third kappa shape index (κ3) is 6.43. The van der Waals surface area contributed by atoms with Crippen LogP contribution in [0, 0.1) is 34.4 Å². The van der Waals surface area contributed by atoms with Crippen molar-refractivity contribution in [3.63, 3.8) is 0 Å². The number of pyridine rings is 1. The second-order valence-corrected chi connectivity index (χ2v) is 8.83. The number of phenols is 1. The number of nitrogens with one attached hydrogen (secondary N) is 1. The number of rotatable bonds is 6. The summed E-state index contributed by atoms with van der Waals surface area (Å²) in [6.45, 7) is 0.823. The summed E-state index contributed by atoms with van der Waals surface area (Å²) in [4.78, 5) is 26.4. The average molecular weight is 548 g/mol. The van der Waals surface area contributed by atoms with E-state index in [1.807, 2.05) is 4.90 Å². The Balaban J connectivity index is 0.00000141. The maximum atomic E-state index is 14.7. The van der Waals surface area contributed by atoms with E-state index in [9.17, 15) is 19.6 Å². The molecule has 1 fully saturated rings. The predicted molar refractivity (Wildman–Crippen MR) is 141 cm³/mol. The molecule has 0 saturated carbocycles. The monoisotopic (exact) mass is 547 g/mol. The van der Waals surface area contributed by atoms with Gasteiger partial charge in [0.2, 0.25) is 5.91 Å². The van der Waals surface area contributed by atoms with Gasteiger partial charge in [0.05, 0.1) is 12.7 Å². The van der Waals surface area contributed by atoms with Crippen molar-refractivity contribution in [2.75, 3.05) is 25.1 Å². The molecular weight excluding hydrogens is 521 g/mol. The first kappa shape index (κ1) is 29.4. The highest BCUT2D eigenvalue weighted by molar-refractivity contribution is 5.90. The average Bonchev–Trinajstić information content (AvgIpc) is 2.97. The first-order chi connectivity index (χ1) is 19.3. The Hall–Kier alpha value is -5.20. The zero-order chi connectivity index (χ0) is 29.2. The number of aromatic hydroxyl groups is 1. The smallest absolute Gasteiger partial charge is 0.290 e. The lowest BCUT2D eigenvalue weighted by Crippen LogP contribution is -2.36. The second-order valence-electron chi connectivity index (χ2n) is 8.83. The van der Waals surface area contributed by atoms with Crippen LogP contribution in [0.2, 0.25) is 0 Å². The minimum atomic E-state index is -0.714. The van der Waals surface area contributed by atoms with E-state index in [1.54, 1.807) is 35.9 Å². The van der Waals surface area contributed by atoms with Gasteiger partial charge in [0, 0.05) is 36.8 Å². The fourth-order valence-corrected chi connectivity index (χ4v) is 4.64. The minimum absolute atomic E-state index is 0.0857. The second kappa shape index (κ2) is 13.6. The van der Waals surface area contributed by atoms with E-state index in [0.29, 0.717) is 54.0 Å². The van der Waals surface area contributed by atoms with E-state index in [-0.39, 0.29) is 41.4 Å². The lowest BCUT2D eigenvalue weighted by atomic mass is 9.90. The molecule has 0 aliphatic carbocycles. The van der Waals surface area contributed by atoms with E-state index in [2.05, 4.69) is 11.1 Å². The first-order valence-electron chi connectivity index (χ1n) is 12.1. The van der Waals surface area contributed by atoms with Gasteiger partial charge in [-0.1, -0.05) is 12.1 Å². The van der Waals surface area contributed by atoms with E-state index < -0.39 is 11.7 Å². The summed E-state index contributed by atoms with van der Waals surface area (Å²) in [5, 5.41) is 45.5. The number of piperidine rings is 1. The molecule has 0 spiro atoms. The van der Waals surface area contributed by atoms with Crippen molar-refractivity contribution in [3.05, 3.63) is 59.5 Å². The molecule has 206 valence electrons. The Kier molecular flexibility index (Phi) is 9.95. The van der Waals surface area contributed by atoms with E-state index in [1.165, 1.54) is 25.3 Å². The number of carbonyl (C=O) groups excluding carboxylic acids is 1. The fraction of sp³-hybridized carbons (Fsp3) is 0.250. The van der Waals surface area contributed by atoms with Gasteiger partial charge in [0.25, 0.3) is 6.47 Å².